The number of anilines is 1. The average molecular weight is 326 g/mol. The number of carbonyl (C=O) groups excluding carboxylic acids is 1. The second kappa shape index (κ2) is 6.80. The molecule has 6 heteroatoms. The van der Waals surface area contributed by atoms with Crippen LogP contribution < -0.4 is 4.90 Å². The number of hydrogen-bond acceptors (Lipinski definition) is 4. The summed E-state index contributed by atoms with van der Waals surface area (Å²) in [4.78, 5) is 30.1. The summed E-state index contributed by atoms with van der Waals surface area (Å²) in [6.07, 6.45) is 3.57. The fourth-order valence-corrected chi connectivity index (χ4v) is 3.04. The lowest BCUT2D eigenvalue weighted by atomic mass is 9.89. The van der Waals surface area contributed by atoms with Crippen molar-refractivity contribution in [1.29, 1.82) is 0 Å². The molecule has 3 rings (SSSR count). The number of ether oxygens (including phenoxy) is 1. The van der Waals surface area contributed by atoms with Gasteiger partial charge in [-0.1, -0.05) is 18.2 Å². The highest BCUT2D eigenvalue weighted by Gasteiger charge is 2.32. The Hall–Kier alpha value is -2.73. The first kappa shape index (κ1) is 16.1. The van der Waals surface area contributed by atoms with Crippen LogP contribution in [0.5, 0.6) is 0 Å². The third-order valence-electron chi connectivity index (χ3n) is 4.14. The molecular formula is C18H18N2O4. The standard InChI is InChI=1S/C18H18N2O4/c1-24-11-12-8-13(10-19-9-12)17(21)20-7-6-15(18(22)23)14-4-2-3-5-16(14)20/h2-5,8-10,15H,6-7,11H2,1H3,(H,22,23). The molecule has 1 aromatic carbocycles. The maximum atomic E-state index is 12.9. The number of carboxylic acid groups (broad SMARTS) is 1. The minimum atomic E-state index is -0.863. The lowest BCUT2D eigenvalue weighted by Gasteiger charge is -2.32. The number of hydrogen-bond donors (Lipinski definition) is 1. The second-order valence-corrected chi connectivity index (χ2v) is 5.71. The van der Waals surface area contributed by atoms with E-state index in [9.17, 15) is 14.7 Å². The van der Waals surface area contributed by atoms with Crippen molar-refractivity contribution in [2.75, 3.05) is 18.6 Å². The third kappa shape index (κ3) is 3.00. The molecule has 1 unspecified atom stereocenters. The van der Waals surface area contributed by atoms with Crippen LogP contribution in [0.15, 0.2) is 42.7 Å². The van der Waals surface area contributed by atoms with E-state index in [1.807, 2.05) is 6.07 Å². The highest BCUT2D eigenvalue weighted by molar-refractivity contribution is 6.07. The first-order valence-corrected chi connectivity index (χ1v) is 7.68. The van der Waals surface area contributed by atoms with Gasteiger partial charge in [0.05, 0.1) is 18.1 Å². The minimum Gasteiger partial charge on any atom is -0.481 e. The highest BCUT2D eigenvalue weighted by atomic mass is 16.5. The Labute approximate surface area is 139 Å². The Morgan fingerprint density at radius 2 is 2.12 bits per heavy atom. The molecule has 1 aliphatic rings. The van der Waals surface area contributed by atoms with E-state index in [0.29, 0.717) is 36.4 Å². The van der Waals surface area contributed by atoms with Gasteiger partial charge in [-0.15, -0.1) is 0 Å². The molecule has 0 saturated heterocycles. The smallest absolute Gasteiger partial charge is 0.311 e. The Morgan fingerprint density at radius 3 is 2.88 bits per heavy atom. The number of carbonyl (C=O) groups is 2. The van der Waals surface area contributed by atoms with Crippen LogP contribution in [0.4, 0.5) is 5.69 Å². The van der Waals surface area contributed by atoms with Gasteiger partial charge in [0.25, 0.3) is 5.91 Å². The van der Waals surface area contributed by atoms with Crippen LogP contribution >= 0.6 is 0 Å². The lowest BCUT2D eigenvalue weighted by Crippen LogP contribution is -2.38. The van der Waals surface area contributed by atoms with Gasteiger partial charge >= 0.3 is 5.97 Å². The van der Waals surface area contributed by atoms with Gasteiger partial charge < -0.3 is 14.7 Å². The normalized spacial score (nSPS) is 16.5. The molecule has 0 fully saturated rings. The summed E-state index contributed by atoms with van der Waals surface area (Å²) in [5.74, 6) is -1.63. The van der Waals surface area contributed by atoms with Crippen LogP contribution in [0.2, 0.25) is 0 Å². The van der Waals surface area contributed by atoms with Gasteiger partial charge in [-0.25, -0.2) is 0 Å². The Balaban J connectivity index is 1.95. The van der Waals surface area contributed by atoms with Crippen molar-refractivity contribution in [1.82, 2.24) is 4.98 Å². The van der Waals surface area contributed by atoms with Crippen molar-refractivity contribution >= 4 is 17.6 Å². The lowest BCUT2D eigenvalue weighted by molar-refractivity contribution is -0.139. The van der Waals surface area contributed by atoms with Crippen LogP contribution in [-0.4, -0.2) is 35.6 Å². The van der Waals surface area contributed by atoms with Gasteiger partial charge in [-0.05, 0) is 29.7 Å². The number of carboxylic acids is 1. The van der Waals surface area contributed by atoms with Gasteiger partial charge in [0.1, 0.15) is 0 Å². The van der Waals surface area contributed by atoms with Crippen LogP contribution in [0, 0.1) is 0 Å². The molecule has 1 aliphatic heterocycles. The van der Waals surface area contributed by atoms with E-state index in [2.05, 4.69) is 4.98 Å². The molecule has 124 valence electrons. The van der Waals surface area contributed by atoms with Crippen molar-refractivity contribution in [3.05, 3.63) is 59.4 Å². The van der Waals surface area contributed by atoms with Crippen LogP contribution in [0.1, 0.15) is 33.8 Å². The monoisotopic (exact) mass is 326 g/mol. The number of nitrogens with zero attached hydrogens (tertiary/aromatic N) is 2. The third-order valence-corrected chi connectivity index (χ3v) is 4.14. The van der Waals surface area contributed by atoms with Crippen LogP contribution in [-0.2, 0) is 16.1 Å². The summed E-state index contributed by atoms with van der Waals surface area (Å²) in [7, 11) is 1.58. The Kier molecular flexibility index (Phi) is 4.57. The maximum absolute atomic E-state index is 12.9. The van der Waals surface area contributed by atoms with Gasteiger partial charge in [-0.2, -0.15) is 0 Å². The van der Waals surface area contributed by atoms with E-state index >= 15 is 0 Å². The quantitative estimate of drug-likeness (QED) is 0.933. The van der Waals surface area contributed by atoms with Crippen molar-refractivity contribution in [3.63, 3.8) is 0 Å². The van der Waals surface area contributed by atoms with E-state index < -0.39 is 11.9 Å². The zero-order valence-corrected chi connectivity index (χ0v) is 13.3. The molecule has 2 heterocycles. The number of amides is 1. The molecule has 0 bridgehead atoms. The van der Waals surface area contributed by atoms with E-state index in [1.165, 1.54) is 6.20 Å². The summed E-state index contributed by atoms with van der Waals surface area (Å²) < 4.78 is 5.07. The highest BCUT2D eigenvalue weighted by Crippen LogP contribution is 2.36. The molecule has 24 heavy (non-hydrogen) atoms. The van der Waals surface area contributed by atoms with Crippen molar-refractivity contribution in [3.8, 4) is 0 Å². The van der Waals surface area contributed by atoms with Gasteiger partial charge in [0, 0.05) is 31.7 Å². The first-order chi connectivity index (χ1) is 11.6. The predicted octanol–water partition coefficient (Wildman–Crippen LogP) is 2.45. The maximum Gasteiger partial charge on any atom is 0.311 e. The molecule has 0 radical (unpaired) electrons. The summed E-state index contributed by atoms with van der Waals surface area (Å²) in [5.41, 5.74) is 2.61. The molecule has 0 aliphatic carbocycles. The zero-order chi connectivity index (χ0) is 17.1. The Morgan fingerprint density at radius 1 is 1.33 bits per heavy atom. The second-order valence-electron chi connectivity index (χ2n) is 5.71. The van der Waals surface area contributed by atoms with E-state index in [1.54, 1.807) is 42.5 Å². The SMILES string of the molecule is COCc1cncc(C(=O)N2CCC(C(=O)O)c3ccccc32)c1. The summed E-state index contributed by atoms with van der Waals surface area (Å²) in [5, 5.41) is 9.40. The number of rotatable bonds is 4. The van der Waals surface area contributed by atoms with Crippen molar-refractivity contribution in [2.24, 2.45) is 0 Å². The number of benzene rings is 1. The van der Waals surface area contributed by atoms with Crippen LogP contribution in [0.3, 0.4) is 0 Å². The average Bonchev–Trinajstić information content (AvgIpc) is 2.60. The summed E-state index contributed by atoms with van der Waals surface area (Å²) in [6, 6.07) is 8.92. The molecule has 6 nitrogen and oxygen atoms in total. The van der Waals surface area contributed by atoms with Gasteiger partial charge in [0.2, 0.25) is 0 Å². The van der Waals surface area contributed by atoms with Crippen molar-refractivity contribution < 1.29 is 19.4 Å². The topological polar surface area (TPSA) is 79.7 Å². The largest absolute Gasteiger partial charge is 0.481 e. The first-order valence-electron chi connectivity index (χ1n) is 7.68. The van der Waals surface area contributed by atoms with Gasteiger partial charge in [-0.3, -0.25) is 14.6 Å². The van der Waals surface area contributed by atoms with E-state index in [4.69, 9.17) is 4.74 Å². The number of aliphatic carboxylic acids is 1. The molecule has 0 saturated carbocycles. The number of fused-ring (bicyclic) bond motifs is 1. The number of para-hydroxylation sites is 1. The molecule has 1 N–H and O–H groups in total. The summed E-state index contributed by atoms with van der Waals surface area (Å²) >= 11 is 0. The van der Waals surface area contributed by atoms with E-state index in [0.717, 1.165) is 5.56 Å². The number of methoxy groups -OCH3 is 1. The molecule has 0 spiro atoms. The number of pyridine rings is 1. The molecule has 1 aromatic heterocycles. The molecule has 1 atom stereocenters. The predicted molar refractivity (Wildman–Crippen MR) is 88.1 cm³/mol. The minimum absolute atomic E-state index is 0.184. The van der Waals surface area contributed by atoms with Gasteiger partial charge in [0.15, 0.2) is 0 Å². The summed E-state index contributed by atoms with van der Waals surface area (Å²) in [6.45, 7) is 0.743. The van der Waals surface area contributed by atoms with Crippen LogP contribution in [0.25, 0.3) is 0 Å². The number of aromatic nitrogens is 1. The fourth-order valence-electron chi connectivity index (χ4n) is 3.04. The molecule has 1 amide bonds. The van der Waals surface area contributed by atoms with Crippen molar-refractivity contribution in [2.45, 2.75) is 18.9 Å². The fraction of sp³-hybridized carbons (Fsp3) is 0.278. The zero-order valence-electron chi connectivity index (χ0n) is 13.3. The van der Waals surface area contributed by atoms with E-state index in [-0.39, 0.29) is 5.91 Å². The molecule has 2 aromatic rings. The molecular weight excluding hydrogens is 308 g/mol. The Bertz CT molecular complexity index is 775.